The highest BCUT2D eigenvalue weighted by atomic mass is 35.5. The molecule has 1 fully saturated rings. The summed E-state index contributed by atoms with van der Waals surface area (Å²) in [6, 6.07) is 0. The van der Waals surface area contributed by atoms with Crippen LogP contribution in [0.5, 0.6) is 0 Å². The van der Waals surface area contributed by atoms with Gasteiger partial charge in [0.15, 0.2) is 11.2 Å². The molecule has 2 N–H and O–H groups in total. The van der Waals surface area contributed by atoms with Crippen LogP contribution in [0.1, 0.15) is 25.7 Å². The second kappa shape index (κ2) is 7.40. The lowest BCUT2D eigenvalue weighted by atomic mass is 10.1. The molecule has 0 radical (unpaired) electrons. The molecule has 1 saturated heterocycles. The summed E-state index contributed by atoms with van der Waals surface area (Å²) in [4.78, 5) is 31.6. The Labute approximate surface area is 146 Å². The zero-order valence-electron chi connectivity index (χ0n) is 14.2. The largest absolute Gasteiger partial charge is 0.342 e. The number of aromatic nitrogens is 4. The number of rotatable bonds is 4. The molecule has 2 aromatic heterocycles. The molecule has 3 heterocycles. The molecule has 0 unspecified atom stereocenters. The third-order valence-corrected chi connectivity index (χ3v) is 4.55. The van der Waals surface area contributed by atoms with Gasteiger partial charge in [-0.15, -0.1) is 12.4 Å². The van der Waals surface area contributed by atoms with E-state index in [1.54, 1.807) is 7.05 Å². The van der Waals surface area contributed by atoms with E-state index in [4.69, 9.17) is 5.73 Å². The Bertz CT molecular complexity index is 831. The van der Waals surface area contributed by atoms with Crippen LogP contribution in [-0.4, -0.2) is 38.3 Å². The van der Waals surface area contributed by atoms with E-state index in [-0.39, 0.29) is 23.7 Å². The summed E-state index contributed by atoms with van der Waals surface area (Å²) >= 11 is 0. The molecule has 3 rings (SSSR count). The molecule has 0 spiro atoms. The Hall–Kier alpha value is -1.80. The highest BCUT2D eigenvalue weighted by Crippen LogP contribution is 2.23. The van der Waals surface area contributed by atoms with Gasteiger partial charge < -0.3 is 15.2 Å². The fraction of sp³-hybridized carbons (Fsp3) is 0.667. The van der Waals surface area contributed by atoms with Crippen LogP contribution in [-0.2, 0) is 20.6 Å². The quantitative estimate of drug-likeness (QED) is 0.844. The molecule has 1 aliphatic rings. The number of aryl methyl sites for hydroxylation is 2. The van der Waals surface area contributed by atoms with Crippen molar-refractivity contribution in [2.75, 3.05) is 24.5 Å². The molecule has 24 heavy (non-hydrogen) atoms. The molecule has 0 amide bonds. The van der Waals surface area contributed by atoms with Gasteiger partial charge in [-0.3, -0.25) is 13.9 Å². The summed E-state index contributed by atoms with van der Waals surface area (Å²) in [6.07, 6.45) is 4.23. The van der Waals surface area contributed by atoms with Crippen LogP contribution in [0.4, 0.5) is 5.95 Å². The molecule has 0 aliphatic carbocycles. The minimum atomic E-state index is -0.351. The first-order valence-electron chi connectivity index (χ1n) is 8.17. The maximum absolute atomic E-state index is 12.6. The number of anilines is 1. The van der Waals surface area contributed by atoms with Gasteiger partial charge in [-0.1, -0.05) is 0 Å². The molecule has 0 bridgehead atoms. The highest BCUT2D eigenvalue weighted by Gasteiger charge is 2.23. The Morgan fingerprint density at radius 1 is 1.08 bits per heavy atom. The highest BCUT2D eigenvalue weighted by molar-refractivity contribution is 5.85. The van der Waals surface area contributed by atoms with Crippen LogP contribution in [0.25, 0.3) is 11.2 Å². The summed E-state index contributed by atoms with van der Waals surface area (Å²) in [5, 5.41) is 0. The first-order chi connectivity index (χ1) is 11.1. The van der Waals surface area contributed by atoms with Gasteiger partial charge in [-0.05, 0) is 32.2 Å². The van der Waals surface area contributed by atoms with Crippen molar-refractivity contribution in [2.45, 2.75) is 32.2 Å². The van der Waals surface area contributed by atoms with Gasteiger partial charge in [0.05, 0.1) is 0 Å². The van der Waals surface area contributed by atoms with E-state index < -0.39 is 0 Å². The van der Waals surface area contributed by atoms with Crippen LogP contribution in [0.2, 0.25) is 0 Å². The Morgan fingerprint density at radius 3 is 2.38 bits per heavy atom. The van der Waals surface area contributed by atoms with Crippen LogP contribution in [0, 0.1) is 0 Å². The summed E-state index contributed by atoms with van der Waals surface area (Å²) in [7, 11) is 3.16. The monoisotopic (exact) mass is 356 g/mol. The van der Waals surface area contributed by atoms with Gasteiger partial charge in [-0.2, -0.15) is 4.98 Å². The number of halogens is 1. The summed E-state index contributed by atoms with van der Waals surface area (Å²) in [5.41, 5.74) is 5.95. The number of nitrogens with two attached hydrogens (primary N) is 1. The van der Waals surface area contributed by atoms with Crippen LogP contribution in [0.3, 0.4) is 0 Å². The lowest BCUT2D eigenvalue weighted by Crippen LogP contribution is -2.37. The number of nitrogens with zero attached hydrogens (tertiary/aromatic N) is 5. The first kappa shape index (κ1) is 18.5. The maximum Gasteiger partial charge on any atom is 0.332 e. The standard InChI is InChI=1S/C15H24N6O2.ClH/c1-18-12-11(13(22)19(2)15(18)23)21(10-6-7-16)14(17-12)20-8-4-3-5-9-20;/h3-10,16H2,1-2H3;1H. The predicted molar refractivity (Wildman–Crippen MR) is 97.2 cm³/mol. The third-order valence-electron chi connectivity index (χ3n) is 4.55. The summed E-state index contributed by atoms with van der Waals surface area (Å²) in [5.74, 6) is 0.784. The molecule has 134 valence electrons. The van der Waals surface area contributed by atoms with E-state index in [1.807, 2.05) is 4.57 Å². The van der Waals surface area contributed by atoms with Crippen molar-refractivity contribution in [1.82, 2.24) is 18.7 Å². The average Bonchev–Trinajstić information content (AvgIpc) is 2.96. The molecule has 0 atom stereocenters. The molecule has 0 aromatic carbocycles. The van der Waals surface area contributed by atoms with Crippen molar-refractivity contribution in [2.24, 2.45) is 19.8 Å². The normalized spacial score (nSPS) is 14.9. The lowest BCUT2D eigenvalue weighted by Gasteiger charge is -2.28. The summed E-state index contributed by atoms with van der Waals surface area (Å²) in [6.45, 7) is 3.04. The summed E-state index contributed by atoms with van der Waals surface area (Å²) < 4.78 is 4.53. The molecular formula is C15H25ClN6O2. The molecule has 8 nitrogen and oxygen atoms in total. The second-order valence-corrected chi connectivity index (χ2v) is 6.13. The van der Waals surface area contributed by atoms with Gasteiger partial charge in [0, 0.05) is 33.7 Å². The van der Waals surface area contributed by atoms with Gasteiger partial charge in [0.2, 0.25) is 5.95 Å². The number of piperidine rings is 1. The minimum absolute atomic E-state index is 0. The van der Waals surface area contributed by atoms with E-state index in [0.29, 0.717) is 24.3 Å². The fourth-order valence-electron chi connectivity index (χ4n) is 3.23. The smallest absolute Gasteiger partial charge is 0.332 e. The Kier molecular flexibility index (Phi) is 5.71. The van der Waals surface area contributed by atoms with Gasteiger partial charge >= 0.3 is 5.69 Å². The van der Waals surface area contributed by atoms with Crippen molar-refractivity contribution in [3.8, 4) is 0 Å². The number of hydrogen-bond donors (Lipinski definition) is 1. The van der Waals surface area contributed by atoms with E-state index in [1.165, 1.54) is 18.0 Å². The number of hydrogen-bond acceptors (Lipinski definition) is 5. The Balaban J connectivity index is 0.00000208. The van der Waals surface area contributed by atoms with Crippen LogP contribution >= 0.6 is 12.4 Å². The first-order valence-corrected chi connectivity index (χ1v) is 8.17. The molecule has 1 aliphatic heterocycles. The zero-order chi connectivity index (χ0) is 16.6. The van der Waals surface area contributed by atoms with Crippen molar-refractivity contribution in [3.05, 3.63) is 20.8 Å². The van der Waals surface area contributed by atoms with Crippen molar-refractivity contribution in [3.63, 3.8) is 0 Å². The van der Waals surface area contributed by atoms with Crippen LogP contribution < -0.4 is 21.9 Å². The van der Waals surface area contributed by atoms with E-state index in [9.17, 15) is 9.59 Å². The lowest BCUT2D eigenvalue weighted by molar-refractivity contribution is 0.551. The number of fused-ring (bicyclic) bond motifs is 1. The number of imidazole rings is 1. The SMILES string of the molecule is Cl.Cn1c(=O)c2c(nc(N3CCCCC3)n2CCCN)n(C)c1=O. The maximum atomic E-state index is 12.6. The van der Waals surface area contributed by atoms with Crippen molar-refractivity contribution in [1.29, 1.82) is 0 Å². The van der Waals surface area contributed by atoms with Crippen molar-refractivity contribution < 1.29 is 0 Å². The molecular weight excluding hydrogens is 332 g/mol. The van der Waals surface area contributed by atoms with Crippen molar-refractivity contribution >= 4 is 29.5 Å². The van der Waals surface area contributed by atoms with Gasteiger partial charge in [0.25, 0.3) is 5.56 Å². The average molecular weight is 357 g/mol. The molecule has 2 aromatic rings. The molecule has 0 saturated carbocycles. The van der Waals surface area contributed by atoms with E-state index in [2.05, 4.69) is 9.88 Å². The Morgan fingerprint density at radius 2 is 1.75 bits per heavy atom. The second-order valence-electron chi connectivity index (χ2n) is 6.13. The predicted octanol–water partition coefficient (Wildman–Crippen LogP) is 0.195. The molecule has 9 heteroatoms. The van der Waals surface area contributed by atoms with E-state index >= 15 is 0 Å². The minimum Gasteiger partial charge on any atom is -0.342 e. The zero-order valence-corrected chi connectivity index (χ0v) is 15.0. The van der Waals surface area contributed by atoms with Crippen LogP contribution in [0.15, 0.2) is 9.59 Å². The topological polar surface area (TPSA) is 91.1 Å². The van der Waals surface area contributed by atoms with E-state index in [0.717, 1.165) is 42.9 Å². The third kappa shape index (κ3) is 2.95. The fourth-order valence-corrected chi connectivity index (χ4v) is 3.23. The van der Waals surface area contributed by atoms with Gasteiger partial charge in [0.1, 0.15) is 0 Å². The van der Waals surface area contributed by atoms with Gasteiger partial charge in [-0.25, -0.2) is 4.79 Å².